The Hall–Kier alpha value is -3.45. The maximum atomic E-state index is 12.7. The summed E-state index contributed by atoms with van der Waals surface area (Å²) in [6.45, 7) is 7.04. The topological polar surface area (TPSA) is 89.5 Å². The van der Waals surface area contributed by atoms with E-state index in [0.29, 0.717) is 16.8 Å². The minimum atomic E-state index is -3.77. The average molecular weight is 452 g/mol. The summed E-state index contributed by atoms with van der Waals surface area (Å²) in [4.78, 5) is 24.8. The van der Waals surface area contributed by atoms with Crippen LogP contribution in [0, 0.1) is 27.7 Å². The fraction of sp³-hybridized carbons (Fsp3) is 0.200. The predicted molar refractivity (Wildman–Crippen MR) is 124 cm³/mol. The van der Waals surface area contributed by atoms with Gasteiger partial charge in [0.1, 0.15) is 0 Å². The maximum Gasteiger partial charge on any atom is 0.338 e. The van der Waals surface area contributed by atoms with Crippen molar-refractivity contribution >= 4 is 27.5 Å². The molecule has 0 saturated carbocycles. The SMILES string of the molecule is Cc1ccc(C)c(S(=O)(=O)Nc2ccc(C(=O)OCC(=O)c3ccc(C)c(C)c3)cc2)c1. The summed E-state index contributed by atoms with van der Waals surface area (Å²) in [7, 11) is -3.77. The first-order chi connectivity index (χ1) is 15.1. The van der Waals surface area contributed by atoms with Gasteiger partial charge in [-0.15, -0.1) is 0 Å². The Bertz CT molecular complexity index is 1280. The molecule has 3 rings (SSSR count). The zero-order chi connectivity index (χ0) is 23.5. The van der Waals surface area contributed by atoms with E-state index in [4.69, 9.17) is 4.74 Å². The quantitative estimate of drug-likeness (QED) is 0.413. The fourth-order valence-electron chi connectivity index (χ4n) is 3.09. The third-order valence-electron chi connectivity index (χ3n) is 5.17. The van der Waals surface area contributed by atoms with Gasteiger partial charge in [-0.1, -0.05) is 24.3 Å². The molecule has 32 heavy (non-hydrogen) atoms. The summed E-state index contributed by atoms with van der Waals surface area (Å²) in [6, 6.07) is 16.4. The molecule has 0 saturated heterocycles. The van der Waals surface area contributed by atoms with Crippen molar-refractivity contribution in [3.8, 4) is 0 Å². The number of ketones is 1. The van der Waals surface area contributed by atoms with Gasteiger partial charge in [0.25, 0.3) is 10.0 Å². The van der Waals surface area contributed by atoms with Crippen molar-refractivity contribution < 1.29 is 22.7 Å². The minimum Gasteiger partial charge on any atom is -0.454 e. The van der Waals surface area contributed by atoms with Crippen LogP contribution in [0.3, 0.4) is 0 Å². The zero-order valence-corrected chi connectivity index (χ0v) is 19.2. The van der Waals surface area contributed by atoms with E-state index in [2.05, 4.69) is 4.72 Å². The van der Waals surface area contributed by atoms with Crippen LogP contribution in [0.25, 0.3) is 0 Å². The molecule has 3 aromatic carbocycles. The normalized spacial score (nSPS) is 11.1. The van der Waals surface area contributed by atoms with Crippen molar-refractivity contribution in [1.29, 1.82) is 0 Å². The van der Waals surface area contributed by atoms with Gasteiger partial charge in [0.15, 0.2) is 12.4 Å². The summed E-state index contributed by atoms with van der Waals surface area (Å²) in [5.74, 6) is -0.953. The highest BCUT2D eigenvalue weighted by molar-refractivity contribution is 7.92. The Kier molecular flexibility index (Phi) is 6.79. The van der Waals surface area contributed by atoms with Gasteiger partial charge in [-0.3, -0.25) is 9.52 Å². The minimum absolute atomic E-state index is 0.200. The van der Waals surface area contributed by atoms with Gasteiger partial charge in [0.2, 0.25) is 0 Å². The lowest BCUT2D eigenvalue weighted by molar-refractivity contribution is 0.0475. The fourth-order valence-corrected chi connectivity index (χ4v) is 4.48. The van der Waals surface area contributed by atoms with Crippen LogP contribution in [0.15, 0.2) is 65.6 Å². The summed E-state index contributed by atoms with van der Waals surface area (Å²) in [5, 5.41) is 0. The number of aryl methyl sites for hydroxylation is 4. The molecule has 166 valence electrons. The van der Waals surface area contributed by atoms with E-state index >= 15 is 0 Å². The van der Waals surface area contributed by atoms with E-state index < -0.39 is 16.0 Å². The highest BCUT2D eigenvalue weighted by atomic mass is 32.2. The second kappa shape index (κ2) is 9.36. The van der Waals surface area contributed by atoms with Crippen LogP contribution in [0.4, 0.5) is 5.69 Å². The lowest BCUT2D eigenvalue weighted by atomic mass is 10.0. The Morgan fingerprint density at radius 1 is 0.781 bits per heavy atom. The van der Waals surface area contributed by atoms with Gasteiger partial charge in [-0.2, -0.15) is 0 Å². The first-order valence-corrected chi connectivity index (χ1v) is 11.5. The molecule has 0 fully saturated rings. The number of rotatable bonds is 7. The van der Waals surface area contributed by atoms with Gasteiger partial charge in [-0.05, 0) is 86.3 Å². The number of hydrogen-bond donors (Lipinski definition) is 1. The Morgan fingerprint density at radius 2 is 1.41 bits per heavy atom. The third-order valence-corrected chi connectivity index (χ3v) is 6.69. The lowest BCUT2D eigenvalue weighted by Crippen LogP contribution is -2.16. The number of Topliss-reactive ketones (excluding diaryl/α,β-unsaturated/α-hetero) is 1. The molecule has 0 aromatic heterocycles. The predicted octanol–water partition coefficient (Wildman–Crippen LogP) is 4.76. The molecule has 0 aliphatic heterocycles. The molecular formula is C25H25NO5S. The standard InChI is InChI=1S/C25H25NO5S/c1-16-5-6-18(3)24(13-16)32(29,30)26-22-11-9-20(10-12-22)25(28)31-15-23(27)21-8-7-17(2)19(4)14-21/h5-14,26H,15H2,1-4H3. The second-order valence-corrected chi connectivity index (χ2v) is 9.40. The van der Waals surface area contributed by atoms with Crippen molar-refractivity contribution in [3.05, 3.63) is 94.0 Å². The summed E-state index contributed by atoms with van der Waals surface area (Å²) >= 11 is 0. The van der Waals surface area contributed by atoms with Crippen molar-refractivity contribution in [2.75, 3.05) is 11.3 Å². The van der Waals surface area contributed by atoms with Crippen molar-refractivity contribution in [2.24, 2.45) is 0 Å². The van der Waals surface area contributed by atoms with Crippen LogP contribution in [-0.4, -0.2) is 26.8 Å². The first-order valence-electron chi connectivity index (χ1n) is 10.0. The zero-order valence-electron chi connectivity index (χ0n) is 18.4. The molecule has 0 unspecified atom stereocenters. The number of anilines is 1. The molecule has 0 radical (unpaired) electrons. The first kappa shape index (κ1) is 23.2. The van der Waals surface area contributed by atoms with Gasteiger partial charge < -0.3 is 4.74 Å². The second-order valence-electron chi connectivity index (χ2n) is 7.75. The number of carbonyl (C=O) groups is 2. The summed E-state index contributed by atoms with van der Waals surface area (Å²) in [5.41, 5.74) is 4.55. The number of carbonyl (C=O) groups excluding carboxylic acids is 2. The highest BCUT2D eigenvalue weighted by Crippen LogP contribution is 2.21. The molecule has 0 amide bonds. The van der Waals surface area contributed by atoms with E-state index in [-0.39, 0.29) is 22.8 Å². The molecule has 6 nitrogen and oxygen atoms in total. The molecule has 0 aliphatic carbocycles. The highest BCUT2D eigenvalue weighted by Gasteiger charge is 2.18. The van der Waals surface area contributed by atoms with E-state index in [1.165, 1.54) is 24.3 Å². The third kappa shape index (κ3) is 5.42. The Labute approximate surface area is 188 Å². The summed E-state index contributed by atoms with van der Waals surface area (Å²) in [6.07, 6.45) is 0. The van der Waals surface area contributed by atoms with E-state index in [1.807, 2.05) is 32.9 Å². The van der Waals surface area contributed by atoms with Gasteiger partial charge in [0, 0.05) is 11.3 Å². The molecular weight excluding hydrogens is 426 g/mol. The van der Waals surface area contributed by atoms with Crippen LogP contribution in [0.2, 0.25) is 0 Å². The smallest absolute Gasteiger partial charge is 0.338 e. The van der Waals surface area contributed by atoms with Crippen LogP contribution in [0.5, 0.6) is 0 Å². The molecule has 7 heteroatoms. The Balaban J connectivity index is 1.64. The van der Waals surface area contributed by atoms with Crippen LogP contribution < -0.4 is 4.72 Å². The van der Waals surface area contributed by atoms with Gasteiger partial charge in [0.05, 0.1) is 10.5 Å². The number of benzene rings is 3. The maximum absolute atomic E-state index is 12.7. The molecule has 0 atom stereocenters. The number of ether oxygens (including phenoxy) is 1. The largest absolute Gasteiger partial charge is 0.454 e. The lowest BCUT2D eigenvalue weighted by Gasteiger charge is -2.11. The molecule has 1 N–H and O–H groups in total. The molecule has 0 aliphatic rings. The molecule has 0 bridgehead atoms. The molecule has 3 aromatic rings. The molecule has 0 spiro atoms. The molecule has 0 heterocycles. The Morgan fingerprint density at radius 3 is 2.06 bits per heavy atom. The van der Waals surface area contributed by atoms with E-state index in [0.717, 1.165) is 16.7 Å². The number of nitrogens with one attached hydrogen (secondary N) is 1. The van der Waals surface area contributed by atoms with Crippen LogP contribution in [-0.2, 0) is 14.8 Å². The van der Waals surface area contributed by atoms with Crippen molar-refractivity contribution in [3.63, 3.8) is 0 Å². The van der Waals surface area contributed by atoms with Crippen molar-refractivity contribution in [1.82, 2.24) is 0 Å². The van der Waals surface area contributed by atoms with Crippen LogP contribution in [0.1, 0.15) is 43.0 Å². The number of sulfonamides is 1. The van der Waals surface area contributed by atoms with Crippen LogP contribution >= 0.6 is 0 Å². The van der Waals surface area contributed by atoms with Crippen molar-refractivity contribution in [2.45, 2.75) is 32.6 Å². The van der Waals surface area contributed by atoms with Gasteiger partial charge in [-0.25, -0.2) is 13.2 Å². The monoisotopic (exact) mass is 451 g/mol. The summed E-state index contributed by atoms with van der Waals surface area (Å²) < 4.78 is 33.1. The average Bonchev–Trinajstić information content (AvgIpc) is 2.75. The number of esters is 1. The van der Waals surface area contributed by atoms with E-state index in [9.17, 15) is 18.0 Å². The van der Waals surface area contributed by atoms with E-state index in [1.54, 1.807) is 31.2 Å². The number of hydrogen-bond acceptors (Lipinski definition) is 5. The van der Waals surface area contributed by atoms with Gasteiger partial charge >= 0.3 is 5.97 Å².